The van der Waals surface area contributed by atoms with Crippen LogP contribution in [0.5, 0.6) is 0 Å². The first kappa shape index (κ1) is 13.4. The summed E-state index contributed by atoms with van der Waals surface area (Å²) < 4.78 is 0. The summed E-state index contributed by atoms with van der Waals surface area (Å²) in [5.41, 5.74) is 8.06. The lowest BCUT2D eigenvalue weighted by atomic mass is 9.84. The zero-order chi connectivity index (χ0) is 16.0. The van der Waals surface area contributed by atoms with Crippen molar-refractivity contribution in [3.8, 4) is 0 Å². The number of hydrogen-bond donors (Lipinski definition) is 3. The molecule has 1 aliphatic rings. The van der Waals surface area contributed by atoms with Crippen LogP contribution >= 0.6 is 0 Å². The highest BCUT2D eigenvalue weighted by atomic mass is 16.2. The predicted molar refractivity (Wildman–Crippen MR) is 83.9 cm³/mol. The molecule has 0 bridgehead atoms. The van der Waals surface area contributed by atoms with Crippen LogP contribution in [-0.4, -0.2) is 27.0 Å². The van der Waals surface area contributed by atoms with E-state index in [0.29, 0.717) is 11.4 Å². The van der Waals surface area contributed by atoms with Crippen molar-refractivity contribution in [2.75, 3.05) is 5.32 Å². The van der Waals surface area contributed by atoms with Gasteiger partial charge in [-0.3, -0.25) is 19.7 Å². The van der Waals surface area contributed by atoms with Crippen LogP contribution in [0.3, 0.4) is 0 Å². The Labute approximate surface area is 130 Å². The van der Waals surface area contributed by atoms with Gasteiger partial charge in [0, 0.05) is 29.5 Å². The van der Waals surface area contributed by atoms with E-state index in [1.165, 1.54) is 0 Å². The Morgan fingerprint density at radius 1 is 1.26 bits per heavy atom. The van der Waals surface area contributed by atoms with Crippen molar-refractivity contribution in [2.24, 2.45) is 5.73 Å². The maximum absolute atomic E-state index is 12.0. The molecule has 1 aromatic carbocycles. The van der Waals surface area contributed by atoms with E-state index in [9.17, 15) is 9.59 Å². The molecule has 1 atom stereocenters. The average molecular weight is 307 g/mol. The van der Waals surface area contributed by atoms with Crippen molar-refractivity contribution in [2.45, 2.75) is 12.3 Å². The lowest BCUT2D eigenvalue weighted by molar-refractivity contribution is -0.116. The SMILES string of the molecule is NC(=O)c1[nH]nc2c1C(c1ccnc3ccccc13)CC(=O)N2. The number of rotatable bonds is 2. The molecule has 3 heterocycles. The molecule has 114 valence electrons. The number of anilines is 1. The van der Waals surface area contributed by atoms with Crippen molar-refractivity contribution in [1.29, 1.82) is 0 Å². The molecule has 0 aliphatic carbocycles. The molecule has 4 rings (SSSR count). The number of para-hydroxylation sites is 1. The monoisotopic (exact) mass is 307 g/mol. The van der Waals surface area contributed by atoms with E-state index in [0.717, 1.165) is 16.5 Å². The van der Waals surface area contributed by atoms with E-state index >= 15 is 0 Å². The molecular formula is C16H13N5O2. The summed E-state index contributed by atoms with van der Waals surface area (Å²) in [4.78, 5) is 28.1. The normalized spacial score (nSPS) is 16.9. The molecule has 7 heteroatoms. The quantitative estimate of drug-likeness (QED) is 0.666. The second kappa shape index (κ2) is 4.91. The number of nitrogens with zero attached hydrogens (tertiary/aromatic N) is 2. The lowest BCUT2D eigenvalue weighted by Gasteiger charge is -2.23. The summed E-state index contributed by atoms with van der Waals surface area (Å²) in [7, 11) is 0. The maximum atomic E-state index is 12.0. The summed E-state index contributed by atoms with van der Waals surface area (Å²) in [6, 6.07) is 9.56. The Bertz CT molecular complexity index is 941. The minimum absolute atomic E-state index is 0.147. The highest BCUT2D eigenvalue weighted by Crippen LogP contribution is 2.40. The molecule has 0 fully saturated rings. The largest absolute Gasteiger partial charge is 0.364 e. The summed E-state index contributed by atoms with van der Waals surface area (Å²) in [5, 5.41) is 10.3. The molecule has 0 spiro atoms. The van der Waals surface area contributed by atoms with Gasteiger partial charge in [-0.25, -0.2) is 0 Å². The number of amides is 2. The third-order valence-corrected chi connectivity index (χ3v) is 4.10. The van der Waals surface area contributed by atoms with Crippen LogP contribution in [-0.2, 0) is 4.79 Å². The number of hydrogen-bond acceptors (Lipinski definition) is 4. The van der Waals surface area contributed by atoms with Gasteiger partial charge in [0.2, 0.25) is 5.91 Å². The molecule has 0 saturated carbocycles. The van der Waals surface area contributed by atoms with Gasteiger partial charge >= 0.3 is 0 Å². The first-order valence-electron chi connectivity index (χ1n) is 7.16. The van der Waals surface area contributed by atoms with Crippen molar-refractivity contribution < 1.29 is 9.59 Å². The molecule has 0 saturated heterocycles. The molecule has 0 radical (unpaired) electrons. The van der Waals surface area contributed by atoms with Crippen molar-refractivity contribution in [1.82, 2.24) is 15.2 Å². The summed E-state index contributed by atoms with van der Waals surface area (Å²) in [5.74, 6) is -0.682. The van der Waals surface area contributed by atoms with E-state index < -0.39 is 5.91 Å². The number of aromatic nitrogens is 3. The number of benzene rings is 1. The summed E-state index contributed by atoms with van der Waals surface area (Å²) in [6.07, 6.45) is 1.93. The van der Waals surface area contributed by atoms with Gasteiger partial charge in [0.05, 0.1) is 5.52 Å². The topological polar surface area (TPSA) is 114 Å². The van der Waals surface area contributed by atoms with Crippen molar-refractivity contribution in [3.63, 3.8) is 0 Å². The van der Waals surface area contributed by atoms with E-state index in [1.807, 2.05) is 30.3 Å². The summed E-state index contributed by atoms with van der Waals surface area (Å²) >= 11 is 0. The average Bonchev–Trinajstić information content (AvgIpc) is 2.97. The fraction of sp³-hybridized carbons (Fsp3) is 0.125. The zero-order valence-electron chi connectivity index (χ0n) is 12.0. The Morgan fingerprint density at radius 3 is 2.91 bits per heavy atom. The van der Waals surface area contributed by atoms with Gasteiger partial charge in [-0.05, 0) is 17.7 Å². The molecule has 1 unspecified atom stereocenters. The molecule has 2 aromatic heterocycles. The van der Waals surface area contributed by atoms with Crippen LogP contribution in [0.1, 0.15) is 34.0 Å². The third kappa shape index (κ3) is 2.05. The van der Waals surface area contributed by atoms with E-state index in [1.54, 1.807) is 6.20 Å². The van der Waals surface area contributed by atoms with Crippen LogP contribution in [0.4, 0.5) is 5.82 Å². The Hall–Kier alpha value is -3.22. The number of pyridine rings is 1. The molecule has 23 heavy (non-hydrogen) atoms. The van der Waals surface area contributed by atoms with Crippen LogP contribution in [0.2, 0.25) is 0 Å². The molecule has 7 nitrogen and oxygen atoms in total. The number of carbonyl (C=O) groups is 2. The van der Waals surface area contributed by atoms with Crippen LogP contribution in [0.25, 0.3) is 10.9 Å². The minimum Gasteiger partial charge on any atom is -0.364 e. The molecule has 1 aliphatic heterocycles. The number of fused-ring (bicyclic) bond motifs is 2. The van der Waals surface area contributed by atoms with Crippen LogP contribution in [0.15, 0.2) is 36.5 Å². The molecule has 3 aromatic rings. The second-order valence-corrected chi connectivity index (χ2v) is 5.45. The number of H-pyrrole nitrogens is 1. The number of aromatic amines is 1. The number of nitrogens with two attached hydrogens (primary N) is 1. The van der Waals surface area contributed by atoms with Gasteiger partial charge < -0.3 is 11.1 Å². The van der Waals surface area contributed by atoms with Gasteiger partial charge in [-0.2, -0.15) is 5.10 Å². The highest BCUT2D eigenvalue weighted by Gasteiger charge is 2.33. The highest BCUT2D eigenvalue weighted by molar-refractivity contribution is 6.00. The van der Waals surface area contributed by atoms with Gasteiger partial charge in [-0.1, -0.05) is 18.2 Å². The molecular weight excluding hydrogens is 294 g/mol. The van der Waals surface area contributed by atoms with Crippen LogP contribution in [0, 0.1) is 0 Å². The van der Waals surface area contributed by atoms with E-state index in [-0.39, 0.29) is 23.9 Å². The number of nitrogens with one attached hydrogen (secondary N) is 2. The van der Waals surface area contributed by atoms with Gasteiger partial charge in [0.15, 0.2) is 5.82 Å². The molecule has 4 N–H and O–H groups in total. The fourth-order valence-electron chi connectivity index (χ4n) is 3.13. The number of primary amides is 1. The Balaban J connectivity index is 1.97. The van der Waals surface area contributed by atoms with Gasteiger partial charge in [0.25, 0.3) is 5.91 Å². The lowest BCUT2D eigenvalue weighted by Crippen LogP contribution is -2.25. The van der Waals surface area contributed by atoms with Crippen molar-refractivity contribution >= 4 is 28.5 Å². The fourth-order valence-corrected chi connectivity index (χ4v) is 3.13. The maximum Gasteiger partial charge on any atom is 0.267 e. The Kier molecular flexibility index (Phi) is 2.87. The first-order valence-corrected chi connectivity index (χ1v) is 7.16. The van der Waals surface area contributed by atoms with E-state index in [2.05, 4.69) is 20.5 Å². The predicted octanol–water partition coefficient (Wildman–Crippen LogP) is 1.53. The first-order chi connectivity index (χ1) is 11.1. The van der Waals surface area contributed by atoms with E-state index in [4.69, 9.17) is 5.73 Å². The second-order valence-electron chi connectivity index (χ2n) is 5.45. The number of carbonyl (C=O) groups excluding carboxylic acids is 2. The van der Waals surface area contributed by atoms with Gasteiger partial charge in [0.1, 0.15) is 5.69 Å². The smallest absolute Gasteiger partial charge is 0.267 e. The van der Waals surface area contributed by atoms with Crippen LogP contribution < -0.4 is 11.1 Å². The van der Waals surface area contributed by atoms with Crippen molar-refractivity contribution in [3.05, 3.63) is 53.3 Å². The standard InChI is InChI=1S/C16H13N5O2/c17-15(23)14-13-10(7-12(22)19-16(13)21-20-14)8-5-6-18-11-4-2-1-3-9(8)11/h1-6,10H,7H2,(H2,17,23)(H2,19,20,21,22). The summed E-state index contributed by atoms with van der Waals surface area (Å²) in [6.45, 7) is 0. The Morgan fingerprint density at radius 2 is 2.09 bits per heavy atom. The minimum atomic E-state index is -0.599. The zero-order valence-corrected chi connectivity index (χ0v) is 12.0. The molecule has 2 amide bonds. The van der Waals surface area contributed by atoms with Gasteiger partial charge in [-0.15, -0.1) is 0 Å². The third-order valence-electron chi connectivity index (χ3n) is 4.10.